The molecule has 152 valence electrons. The average Bonchev–Trinajstić information content (AvgIpc) is 2.60. The zero-order chi connectivity index (χ0) is 20.9. The molecule has 1 aliphatic heterocycles. The van der Waals surface area contributed by atoms with Crippen LogP contribution in [-0.2, 0) is 11.3 Å². The molecule has 2 unspecified atom stereocenters. The van der Waals surface area contributed by atoms with Crippen molar-refractivity contribution in [3.8, 4) is 6.19 Å². The molecule has 1 heterocycles. The fourth-order valence-electron chi connectivity index (χ4n) is 2.80. The number of piperidine rings is 1. The maximum absolute atomic E-state index is 14.2. The molecule has 0 aromatic heterocycles. The molecule has 0 radical (unpaired) electrons. The normalized spacial score (nSPS) is 19.5. The van der Waals surface area contributed by atoms with Crippen molar-refractivity contribution in [1.82, 2.24) is 15.5 Å². The van der Waals surface area contributed by atoms with E-state index in [4.69, 9.17) is 10.00 Å². The van der Waals surface area contributed by atoms with Gasteiger partial charge in [-0.3, -0.25) is 4.79 Å². The summed E-state index contributed by atoms with van der Waals surface area (Å²) in [6, 6.07) is 2.82. The fraction of sp³-hybridized carbons (Fsp3) is 0.526. The van der Waals surface area contributed by atoms with Gasteiger partial charge in [0.25, 0.3) is 5.91 Å². The van der Waals surface area contributed by atoms with Crippen molar-refractivity contribution in [3.63, 3.8) is 0 Å². The highest BCUT2D eigenvalue weighted by molar-refractivity contribution is 5.96. The number of carbonyl (C=O) groups excluding carboxylic acids is 2. The summed E-state index contributed by atoms with van der Waals surface area (Å²) in [5, 5.41) is 13.9. The number of ether oxygens (including phenoxy) is 1. The highest BCUT2D eigenvalue weighted by atomic mass is 19.1. The van der Waals surface area contributed by atoms with Crippen molar-refractivity contribution in [2.24, 2.45) is 0 Å². The SMILES string of the molecule is CC(C)(C)OC(=O)NCc1ccc(F)cc1C(=O)NC1CCN(C#N)CC1F. The fourth-order valence-corrected chi connectivity index (χ4v) is 2.80. The predicted molar refractivity (Wildman–Crippen MR) is 97.4 cm³/mol. The van der Waals surface area contributed by atoms with Crippen LogP contribution in [0, 0.1) is 17.3 Å². The van der Waals surface area contributed by atoms with Gasteiger partial charge in [0.2, 0.25) is 0 Å². The van der Waals surface area contributed by atoms with E-state index in [9.17, 15) is 18.4 Å². The van der Waals surface area contributed by atoms with Gasteiger partial charge < -0.3 is 20.3 Å². The zero-order valence-corrected chi connectivity index (χ0v) is 16.1. The van der Waals surface area contributed by atoms with Gasteiger partial charge in [-0.05, 0) is 44.9 Å². The van der Waals surface area contributed by atoms with Crippen molar-refractivity contribution < 1.29 is 23.1 Å². The Morgan fingerprint density at radius 3 is 2.71 bits per heavy atom. The number of benzene rings is 1. The number of nitrogens with one attached hydrogen (secondary N) is 2. The van der Waals surface area contributed by atoms with Crippen LogP contribution in [0.25, 0.3) is 0 Å². The first-order valence-corrected chi connectivity index (χ1v) is 8.94. The maximum atomic E-state index is 14.2. The van der Waals surface area contributed by atoms with Crippen LogP contribution in [0.5, 0.6) is 0 Å². The summed E-state index contributed by atoms with van der Waals surface area (Å²) in [5.74, 6) is -1.26. The molecule has 1 aliphatic rings. The van der Waals surface area contributed by atoms with E-state index in [1.54, 1.807) is 20.8 Å². The summed E-state index contributed by atoms with van der Waals surface area (Å²) in [4.78, 5) is 25.7. The standard InChI is InChI=1S/C19H24F2N4O3/c1-19(2,3)28-18(27)23-9-12-4-5-13(20)8-14(12)17(26)24-16-6-7-25(11-22)10-15(16)21/h4-5,8,15-16H,6-7,9-10H2,1-3H3,(H,23,27)(H,24,26). The van der Waals surface area contributed by atoms with Crippen LogP contribution in [0.1, 0.15) is 43.1 Å². The quantitative estimate of drug-likeness (QED) is 0.765. The van der Waals surface area contributed by atoms with Crippen LogP contribution in [0.15, 0.2) is 18.2 Å². The minimum absolute atomic E-state index is 0.00553. The third-order valence-electron chi connectivity index (χ3n) is 4.14. The second-order valence-corrected chi connectivity index (χ2v) is 7.59. The molecule has 9 heteroatoms. The number of hydrogen-bond donors (Lipinski definition) is 2. The topological polar surface area (TPSA) is 94.5 Å². The van der Waals surface area contributed by atoms with Crippen molar-refractivity contribution in [2.75, 3.05) is 13.1 Å². The molecular formula is C19H24F2N4O3. The number of hydrogen-bond acceptors (Lipinski definition) is 5. The minimum Gasteiger partial charge on any atom is -0.444 e. The molecule has 0 saturated carbocycles. The number of alkyl carbamates (subject to hydrolysis) is 1. The summed E-state index contributed by atoms with van der Waals surface area (Å²) in [5.41, 5.74) is -0.303. The Hall–Kier alpha value is -2.89. The van der Waals surface area contributed by atoms with Gasteiger partial charge in [0.05, 0.1) is 12.6 Å². The third kappa shape index (κ3) is 6.08. The Morgan fingerprint density at radius 1 is 1.39 bits per heavy atom. The third-order valence-corrected chi connectivity index (χ3v) is 4.14. The summed E-state index contributed by atoms with van der Waals surface area (Å²) in [6.45, 7) is 5.33. The first-order chi connectivity index (χ1) is 13.1. The Morgan fingerprint density at radius 2 is 2.11 bits per heavy atom. The lowest BCUT2D eigenvalue weighted by molar-refractivity contribution is 0.0522. The molecule has 1 fully saturated rings. The van der Waals surface area contributed by atoms with Crippen LogP contribution in [0.3, 0.4) is 0 Å². The molecule has 1 saturated heterocycles. The van der Waals surface area contributed by atoms with E-state index in [2.05, 4.69) is 10.6 Å². The average molecular weight is 394 g/mol. The van der Waals surface area contributed by atoms with Crippen molar-refractivity contribution in [2.45, 2.75) is 51.6 Å². The molecule has 2 atom stereocenters. The number of likely N-dealkylation sites (tertiary alicyclic amines) is 1. The molecule has 2 N–H and O–H groups in total. The van der Waals surface area contributed by atoms with E-state index in [0.29, 0.717) is 12.1 Å². The minimum atomic E-state index is -1.41. The summed E-state index contributed by atoms with van der Waals surface area (Å²) in [6.07, 6.45) is 0.0653. The van der Waals surface area contributed by atoms with E-state index in [1.165, 1.54) is 17.0 Å². The lowest BCUT2D eigenvalue weighted by Crippen LogP contribution is -2.51. The predicted octanol–water partition coefficient (Wildman–Crippen LogP) is 2.47. The highest BCUT2D eigenvalue weighted by Crippen LogP contribution is 2.17. The lowest BCUT2D eigenvalue weighted by atomic mass is 10.0. The Balaban J connectivity index is 2.06. The Labute approximate surface area is 162 Å². The number of nitriles is 1. The van der Waals surface area contributed by atoms with Crippen molar-refractivity contribution >= 4 is 12.0 Å². The van der Waals surface area contributed by atoms with Gasteiger partial charge in [-0.25, -0.2) is 13.6 Å². The van der Waals surface area contributed by atoms with Gasteiger partial charge in [-0.1, -0.05) is 6.07 Å². The zero-order valence-electron chi connectivity index (χ0n) is 16.1. The molecule has 2 rings (SSSR count). The number of nitrogens with zero attached hydrogens (tertiary/aromatic N) is 2. The van der Waals surface area contributed by atoms with Gasteiger partial charge in [0, 0.05) is 18.7 Å². The molecule has 1 aromatic rings. The molecule has 0 bridgehead atoms. The van der Waals surface area contributed by atoms with Crippen molar-refractivity contribution in [1.29, 1.82) is 5.26 Å². The summed E-state index contributed by atoms with van der Waals surface area (Å²) in [7, 11) is 0. The largest absolute Gasteiger partial charge is 0.444 e. The number of carbonyl (C=O) groups is 2. The number of rotatable bonds is 4. The molecule has 2 amide bonds. The van der Waals surface area contributed by atoms with Crippen LogP contribution in [0.4, 0.5) is 13.6 Å². The second kappa shape index (κ2) is 8.87. The molecule has 28 heavy (non-hydrogen) atoms. The van der Waals surface area contributed by atoms with E-state index in [-0.39, 0.29) is 25.1 Å². The van der Waals surface area contributed by atoms with E-state index in [0.717, 1.165) is 6.07 Å². The highest BCUT2D eigenvalue weighted by Gasteiger charge is 2.30. The number of amides is 2. The van der Waals surface area contributed by atoms with Gasteiger partial charge >= 0.3 is 6.09 Å². The van der Waals surface area contributed by atoms with E-state index >= 15 is 0 Å². The van der Waals surface area contributed by atoms with Crippen molar-refractivity contribution in [3.05, 3.63) is 35.1 Å². The Kier molecular flexibility index (Phi) is 6.78. The monoisotopic (exact) mass is 394 g/mol. The summed E-state index contributed by atoms with van der Waals surface area (Å²) >= 11 is 0. The van der Waals surface area contributed by atoms with E-state index in [1.807, 2.05) is 6.19 Å². The van der Waals surface area contributed by atoms with Crippen LogP contribution < -0.4 is 10.6 Å². The van der Waals surface area contributed by atoms with Gasteiger partial charge in [-0.15, -0.1) is 0 Å². The van der Waals surface area contributed by atoms with E-state index < -0.39 is 35.6 Å². The maximum Gasteiger partial charge on any atom is 0.407 e. The molecule has 7 nitrogen and oxygen atoms in total. The van der Waals surface area contributed by atoms with Crippen LogP contribution in [0.2, 0.25) is 0 Å². The second-order valence-electron chi connectivity index (χ2n) is 7.59. The number of halogens is 2. The van der Waals surface area contributed by atoms with Gasteiger partial charge in [-0.2, -0.15) is 5.26 Å². The number of alkyl halides is 1. The van der Waals surface area contributed by atoms with Gasteiger partial charge in [0.1, 0.15) is 17.6 Å². The molecule has 0 aliphatic carbocycles. The first kappa shape index (κ1) is 21.4. The summed E-state index contributed by atoms with van der Waals surface area (Å²) < 4.78 is 33.0. The van der Waals surface area contributed by atoms with Gasteiger partial charge in [0.15, 0.2) is 6.19 Å². The molecular weight excluding hydrogens is 370 g/mol. The molecule has 0 spiro atoms. The van der Waals surface area contributed by atoms with Crippen LogP contribution >= 0.6 is 0 Å². The first-order valence-electron chi connectivity index (χ1n) is 8.94. The van der Waals surface area contributed by atoms with Crippen LogP contribution in [-0.4, -0.2) is 47.8 Å². The lowest BCUT2D eigenvalue weighted by Gasteiger charge is -2.32. The smallest absolute Gasteiger partial charge is 0.407 e. The molecule has 1 aromatic carbocycles. The Bertz CT molecular complexity index is 773.